The van der Waals surface area contributed by atoms with Crippen LogP contribution in [0, 0.1) is 29.1 Å². The molecule has 0 fully saturated rings. The summed E-state index contributed by atoms with van der Waals surface area (Å²) in [6.45, 7) is 1.29. The molecule has 9 heteroatoms. The van der Waals surface area contributed by atoms with Crippen molar-refractivity contribution in [2.24, 2.45) is 0 Å². The number of carbonyl (C=O) groups excluding carboxylic acids is 2. The predicted molar refractivity (Wildman–Crippen MR) is 85.3 cm³/mol. The van der Waals surface area contributed by atoms with Gasteiger partial charge in [0, 0.05) is 11.9 Å². The lowest BCUT2D eigenvalue weighted by molar-refractivity contribution is -0.138. The monoisotopic (exact) mass is 385 g/mol. The number of anilines is 1. The first-order valence-electron chi connectivity index (χ1n) is 7.53. The van der Waals surface area contributed by atoms with Crippen LogP contribution >= 0.6 is 0 Å². The first kappa shape index (κ1) is 20.1. The fourth-order valence-electron chi connectivity index (χ4n) is 2.01. The number of carbonyl (C=O) groups is 2. The van der Waals surface area contributed by atoms with Crippen molar-refractivity contribution >= 4 is 17.4 Å². The number of ketones is 1. The lowest BCUT2D eigenvalue weighted by atomic mass is 10.0. The number of hydrogen-bond donors (Lipinski definition) is 1. The summed E-state index contributed by atoms with van der Waals surface area (Å²) in [7, 11) is 0. The molecule has 0 atom stereocenters. The summed E-state index contributed by atoms with van der Waals surface area (Å²) in [6.07, 6.45) is 0.812. The molecule has 0 aliphatic heterocycles. The van der Waals surface area contributed by atoms with E-state index in [0.29, 0.717) is 0 Å². The average Bonchev–Trinajstić information content (AvgIpc) is 2.64. The third-order valence-corrected chi connectivity index (χ3v) is 3.31. The van der Waals surface area contributed by atoms with Crippen LogP contribution in [0.25, 0.3) is 0 Å². The molecule has 0 unspecified atom stereocenters. The molecule has 0 aromatic heterocycles. The molecule has 142 valence electrons. The predicted octanol–water partition coefficient (Wildman–Crippen LogP) is 4.12. The second kappa shape index (κ2) is 8.43. The zero-order valence-corrected chi connectivity index (χ0v) is 13.8. The first-order chi connectivity index (χ1) is 12.8. The molecule has 2 aromatic carbocycles. The Labute approximate surface area is 150 Å². The molecule has 0 heterocycles. The second-order valence-corrected chi connectivity index (χ2v) is 5.11. The molecule has 0 amide bonds. The molecule has 2 rings (SSSR count). The third kappa shape index (κ3) is 4.49. The van der Waals surface area contributed by atoms with Crippen LogP contribution in [0.1, 0.15) is 17.3 Å². The van der Waals surface area contributed by atoms with Gasteiger partial charge in [-0.1, -0.05) is 0 Å². The van der Waals surface area contributed by atoms with Crippen LogP contribution in [0.3, 0.4) is 0 Å². The molecule has 4 nitrogen and oxygen atoms in total. The molecule has 27 heavy (non-hydrogen) atoms. The van der Waals surface area contributed by atoms with E-state index in [1.807, 2.05) is 0 Å². The minimum atomic E-state index is -2.19. The number of Topliss-reactive ketones (excluding diaryl/α,β-unsaturated/α-hetero) is 1. The molecule has 0 bridgehead atoms. The van der Waals surface area contributed by atoms with Crippen LogP contribution in [-0.4, -0.2) is 18.4 Å². The minimum Gasteiger partial charge on any atom is -0.462 e. The number of esters is 1. The van der Waals surface area contributed by atoms with E-state index in [1.54, 1.807) is 0 Å². The number of nitrogens with one attached hydrogen (secondary N) is 1. The Kier molecular flexibility index (Phi) is 6.27. The number of ether oxygens (including phenoxy) is 1. The quantitative estimate of drug-likeness (QED) is 0.119. The molecule has 0 saturated heterocycles. The van der Waals surface area contributed by atoms with E-state index < -0.39 is 52.0 Å². The van der Waals surface area contributed by atoms with Crippen LogP contribution < -0.4 is 5.32 Å². The van der Waals surface area contributed by atoms with Crippen LogP contribution in [0.4, 0.5) is 27.6 Å². The van der Waals surface area contributed by atoms with Crippen LogP contribution in [-0.2, 0) is 9.53 Å². The largest absolute Gasteiger partial charge is 0.462 e. The standard InChI is InChI=1S/C18H12F5NO3/c1-2-27-18(26)12(8-24-10-5-3-9(19)4-6-10)17(25)11-7-13(20)15(22)16(23)14(11)21/h3-8,24H,2H2,1H3/b12-8-. The van der Waals surface area contributed by atoms with Gasteiger partial charge in [0.15, 0.2) is 23.3 Å². The molecule has 2 aromatic rings. The Bertz CT molecular complexity index is 910. The fourth-order valence-corrected chi connectivity index (χ4v) is 2.01. The van der Waals surface area contributed by atoms with E-state index in [-0.39, 0.29) is 18.4 Å². The van der Waals surface area contributed by atoms with Gasteiger partial charge in [-0.05, 0) is 37.3 Å². The highest BCUT2D eigenvalue weighted by atomic mass is 19.2. The van der Waals surface area contributed by atoms with Gasteiger partial charge in [-0.15, -0.1) is 0 Å². The summed E-state index contributed by atoms with van der Waals surface area (Å²) < 4.78 is 71.2. The maximum atomic E-state index is 13.9. The van der Waals surface area contributed by atoms with Crippen LogP contribution in [0.5, 0.6) is 0 Å². The highest BCUT2D eigenvalue weighted by Gasteiger charge is 2.28. The van der Waals surface area contributed by atoms with Crippen molar-refractivity contribution in [2.75, 3.05) is 11.9 Å². The number of benzene rings is 2. The van der Waals surface area contributed by atoms with E-state index in [4.69, 9.17) is 0 Å². The summed E-state index contributed by atoms with van der Waals surface area (Å²) in [5.74, 6) is -11.2. The topological polar surface area (TPSA) is 55.4 Å². The molecule has 0 aliphatic rings. The van der Waals surface area contributed by atoms with Gasteiger partial charge in [0.1, 0.15) is 11.4 Å². The van der Waals surface area contributed by atoms with Crippen molar-refractivity contribution in [3.63, 3.8) is 0 Å². The van der Waals surface area contributed by atoms with Crippen molar-refractivity contribution in [3.8, 4) is 0 Å². The molecular formula is C18H12F5NO3. The summed E-state index contributed by atoms with van der Waals surface area (Å²) >= 11 is 0. The van der Waals surface area contributed by atoms with E-state index in [0.717, 1.165) is 18.3 Å². The van der Waals surface area contributed by atoms with E-state index in [2.05, 4.69) is 10.1 Å². The lowest BCUT2D eigenvalue weighted by Crippen LogP contribution is -2.19. The zero-order chi connectivity index (χ0) is 20.1. The fraction of sp³-hybridized carbons (Fsp3) is 0.111. The summed E-state index contributed by atoms with van der Waals surface area (Å²) in [4.78, 5) is 24.4. The minimum absolute atomic E-state index is 0.140. The van der Waals surface area contributed by atoms with E-state index in [9.17, 15) is 31.5 Å². The van der Waals surface area contributed by atoms with Gasteiger partial charge in [-0.3, -0.25) is 4.79 Å². The lowest BCUT2D eigenvalue weighted by Gasteiger charge is -2.09. The normalized spacial score (nSPS) is 11.3. The Morgan fingerprint density at radius 2 is 1.63 bits per heavy atom. The molecule has 1 N–H and O–H groups in total. The molecule has 0 saturated carbocycles. The van der Waals surface area contributed by atoms with E-state index in [1.165, 1.54) is 19.1 Å². The van der Waals surface area contributed by atoms with Crippen molar-refractivity contribution in [2.45, 2.75) is 6.92 Å². The zero-order valence-electron chi connectivity index (χ0n) is 13.8. The summed E-state index contributed by atoms with van der Waals surface area (Å²) in [6, 6.07) is 4.87. The Hall–Kier alpha value is -3.23. The van der Waals surface area contributed by atoms with Gasteiger partial charge in [-0.25, -0.2) is 26.7 Å². The van der Waals surface area contributed by atoms with Crippen molar-refractivity contribution < 1.29 is 36.3 Å². The van der Waals surface area contributed by atoms with Crippen LogP contribution in [0.15, 0.2) is 42.1 Å². The molecular weight excluding hydrogens is 373 g/mol. The highest BCUT2D eigenvalue weighted by Crippen LogP contribution is 2.22. The van der Waals surface area contributed by atoms with Crippen molar-refractivity contribution in [3.05, 3.63) is 76.8 Å². The van der Waals surface area contributed by atoms with E-state index >= 15 is 0 Å². The Morgan fingerprint density at radius 1 is 1.00 bits per heavy atom. The Balaban J connectivity index is 2.45. The van der Waals surface area contributed by atoms with Crippen molar-refractivity contribution in [1.82, 2.24) is 0 Å². The highest BCUT2D eigenvalue weighted by molar-refractivity contribution is 6.24. The molecule has 0 radical (unpaired) electrons. The van der Waals surface area contributed by atoms with Gasteiger partial charge >= 0.3 is 5.97 Å². The Morgan fingerprint density at radius 3 is 2.22 bits per heavy atom. The van der Waals surface area contributed by atoms with Gasteiger partial charge in [0.2, 0.25) is 5.78 Å². The maximum absolute atomic E-state index is 13.9. The number of rotatable bonds is 6. The van der Waals surface area contributed by atoms with Gasteiger partial charge < -0.3 is 10.1 Å². The number of halogens is 5. The summed E-state index contributed by atoms with van der Waals surface area (Å²) in [5, 5.41) is 2.49. The second-order valence-electron chi connectivity index (χ2n) is 5.11. The van der Waals surface area contributed by atoms with Crippen LogP contribution in [0.2, 0.25) is 0 Å². The summed E-state index contributed by atoms with van der Waals surface area (Å²) in [5.41, 5.74) is -1.74. The smallest absolute Gasteiger partial charge is 0.343 e. The first-order valence-corrected chi connectivity index (χ1v) is 7.53. The average molecular weight is 385 g/mol. The number of hydrogen-bond acceptors (Lipinski definition) is 4. The van der Waals surface area contributed by atoms with Crippen molar-refractivity contribution in [1.29, 1.82) is 0 Å². The molecule has 0 aliphatic carbocycles. The van der Waals surface area contributed by atoms with Gasteiger partial charge in [0.05, 0.1) is 12.2 Å². The van der Waals surface area contributed by atoms with Gasteiger partial charge in [0.25, 0.3) is 0 Å². The SMILES string of the molecule is CCOC(=O)/C(=C\Nc1ccc(F)cc1)C(=O)c1cc(F)c(F)c(F)c1F. The molecule has 0 spiro atoms. The van der Waals surface area contributed by atoms with Gasteiger partial charge in [-0.2, -0.15) is 0 Å². The third-order valence-electron chi connectivity index (χ3n) is 3.31. The maximum Gasteiger partial charge on any atom is 0.343 e.